The van der Waals surface area contributed by atoms with Crippen LogP contribution < -0.4 is 5.32 Å². The van der Waals surface area contributed by atoms with Crippen molar-refractivity contribution in [3.05, 3.63) is 0 Å². The zero-order chi connectivity index (χ0) is 11.1. The number of aliphatic hydroxyl groups is 1. The molecule has 0 amide bonds. The molecular formula is C12H25NO2. The van der Waals surface area contributed by atoms with Crippen molar-refractivity contribution >= 4 is 0 Å². The van der Waals surface area contributed by atoms with E-state index in [0.717, 1.165) is 32.5 Å². The van der Waals surface area contributed by atoms with Gasteiger partial charge in [-0.2, -0.15) is 0 Å². The van der Waals surface area contributed by atoms with Gasteiger partial charge < -0.3 is 15.2 Å². The van der Waals surface area contributed by atoms with Gasteiger partial charge in [-0.25, -0.2) is 0 Å². The maximum absolute atomic E-state index is 8.79. The Labute approximate surface area is 93.2 Å². The van der Waals surface area contributed by atoms with Crippen molar-refractivity contribution in [2.45, 2.75) is 45.6 Å². The van der Waals surface area contributed by atoms with Crippen LogP contribution in [-0.2, 0) is 4.74 Å². The Bertz CT molecular complexity index is 165. The molecule has 3 heteroatoms. The largest absolute Gasteiger partial charge is 0.396 e. The highest BCUT2D eigenvalue weighted by atomic mass is 16.5. The molecule has 1 rings (SSSR count). The van der Waals surface area contributed by atoms with Gasteiger partial charge in [0.15, 0.2) is 0 Å². The molecular weight excluding hydrogens is 190 g/mol. The fourth-order valence-corrected chi connectivity index (χ4v) is 2.02. The van der Waals surface area contributed by atoms with E-state index >= 15 is 0 Å². The normalized spacial score (nSPS) is 22.2. The summed E-state index contributed by atoms with van der Waals surface area (Å²) in [5.74, 6) is 0. The van der Waals surface area contributed by atoms with Gasteiger partial charge in [0.2, 0.25) is 0 Å². The van der Waals surface area contributed by atoms with E-state index in [4.69, 9.17) is 9.84 Å². The van der Waals surface area contributed by atoms with Crippen LogP contribution in [0, 0.1) is 5.41 Å². The van der Waals surface area contributed by atoms with Crippen LogP contribution in [0.2, 0.25) is 0 Å². The van der Waals surface area contributed by atoms with Crippen LogP contribution in [0.5, 0.6) is 0 Å². The van der Waals surface area contributed by atoms with E-state index < -0.39 is 0 Å². The Balaban J connectivity index is 2.06. The molecule has 1 saturated heterocycles. The highest BCUT2D eigenvalue weighted by Crippen LogP contribution is 2.21. The van der Waals surface area contributed by atoms with Crippen LogP contribution in [0.4, 0.5) is 0 Å². The molecule has 0 radical (unpaired) electrons. The maximum Gasteiger partial charge on any atom is 0.0700 e. The van der Waals surface area contributed by atoms with Gasteiger partial charge in [0.05, 0.1) is 6.10 Å². The molecule has 0 bridgehead atoms. The third-order valence-corrected chi connectivity index (χ3v) is 3.01. The summed E-state index contributed by atoms with van der Waals surface area (Å²) in [6, 6.07) is 0. The number of nitrogens with one attached hydrogen (secondary N) is 1. The van der Waals surface area contributed by atoms with Crippen molar-refractivity contribution in [3.8, 4) is 0 Å². The molecule has 2 N–H and O–H groups in total. The molecule has 90 valence electrons. The van der Waals surface area contributed by atoms with E-state index in [0.29, 0.717) is 12.7 Å². The fraction of sp³-hybridized carbons (Fsp3) is 1.00. The Kier molecular flexibility index (Phi) is 5.58. The minimum atomic E-state index is 0.279. The molecule has 1 atom stereocenters. The highest BCUT2D eigenvalue weighted by molar-refractivity contribution is 4.74. The zero-order valence-corrected chi connectivity index (χ0v) is 10.1. The zero-order valence-electron chi connectivity index (χ0n) is 10.1. The van der Waals surface area contributed by atoms with Crippen molar-refractivity contribution < 1.29 is 9.84 Å². The summed E-state index contributed by atoms with van der Waals surface area (Å²) in [4.78, 5) is 0. The van der Waals surface area contributed by atoms with Gasteiger partial charge in [0, 0.05) is 26.3 Å². The summed E-state index contributed by atoms with van der Waals surface area (Å²) in [5.41, 5.74) is 0.279. The quantitative estimate of drug-likeness (QED) is 0.677. The average Bonchev–Trinajstić information content (AvgIpc) is 2.67. The molecule has 3 nitrogen and oxygen atoms in total. The van der Waals surface area contributed by atoms with E-state index in [9.17, 15) is 0 Å². The lowest BCUT2D eigenvalue weighted by Crippen LogP contribution is -2.34. The van der Waals surface area contributed by atoms with E-state index in [2.05, 4.69) is 19.2 Å². The van der Waals surface area contributed by atoms with Gasteiger partial charge >= 0.3 is 0 Å². The first-order valence-corrected chi connectivity index (χ1v) is 6.07. The molecule has 0 aromatic carbocycles. The van der Waals surface area contributed by atoms with E-state index in [1.54, 1.807) is 0 Å². The summed E-state index contributed by atoms with van der Waals surface area (Å²) in [6.07, 6.45) is 4.81. The lowest BCUT2D eigenvalue weighted by molar-refractivity contribution is 0.106. The standard InChI is InChI=1S/C12H25NO2/c1-12(2,6-4-7-14)10-13-9-11-5-3-8-15-11/h11,13-14H,3-10H2,1-2H3. The first-order valence-electron chi connectivity index (χ1n) is 6.07. The Morgan fingerprint density at radius 2 is 2.27 bits per heavy atom. The van der Waals surface area contributed by atoms with E-state index in [1.807, 2.05) is 0 Å². The lowest BCUT2D eigenvalue weighted by Gasteiger charge is -2.25. The van der Waals surface area contributed by atoms with Crippen LogP contribution in [-0.4, -0.2) is 37.5 Å². The average molecular weight is 215 g/mol. The van der Waals surface area contributed by atoms with Gasteiger partial charge in [0.1, 0.15) is 0 Å². The molecule has 1 aliphatic heterocycles. The number of ether oxygens (including phenoxy) is 1. The molecule has 1 heterocycles. The minimum Gasteiger partial charge on any atom is -0.396 e. The fourth-order valence-electron chi connectivity index (χ4n) is 2.02. The molecule has 0 saturated carbocycles. The van der Waals surface area contributed by atoms with E-state index in [1.165, 1.54) is 12.8 Å². The van der Waals surface area contributed by atoms with Gasteiger partial charge in [-0.05, 0) is 31.1 Å². The van der Waals surface area contributed by atoms with Gasteiger partial charge in [0.25, 0.3) is 0 Å². The number of aliphatic hydroxyl groups excluding tert-OH is 1. The molecule has 0 aromatic heterocycles. The summed E-state index contributed by atoms with van der Waals surface area (Å²) < 4.78 is 5.55. The molecule has 1 unspecified atom stereocenters. The van der Waals surface area contributed by atoms with Crippen molar-refractivity contribution in [2.24, 2.45) is 5.41 Å². The summed E-state index contributed by atoms with van der Waals surface area (Å²) in [7, 11) is 0. The van der Waals surface area contributed by atoms with Crippen molar-refractivity contribution in [1.82, 2.24) is 5.32 Å². The van der Waals surface area contributed by atoms with Gasteiger partial charge in [-0.3, -0.25) is 0 Å². The van der Waals surface area contributed by atoms with Crippen LogP contribution in [0.25, 0.3) is 0 Å². The molecule has 0 aromatic rings. The maximum atomic E-state index is 8.79. The lowest BCUT2D eigenvalue weighted by atomic mass is 9.88. The van der Waals surface area contributed by atoms with Crippen LogP contribution in [0.1, 0.15) is 39.5 Å². The minimum absolute atomic E-state index is 0.279. The number of hydrogen-bond acceptors (Lipinski definition) is 3. The Hall–Kier alpha value is -0.120. The predicted octanol–water partition coefficient (Wildman–Crippen LogP) is 1.55. The monoisotopic (exact) mass is 215 g/mol. The first-order chi connectivity index (χ1) is 7.14. The smallest absolute Gasteiger partial charge is 0.0700 e. The van der Waals surface area contributed by atoms with Crippen molar-refractivity contribution in [2.75, 3.05) is 26.3 Å². The second kappa shape index (κ2) is 6.46. The molecule has 1 aliphatic rings. The van der Waals surface area contributed by atoms with Crippen molar-refractivity contribution in [3.63, 3.8) is 0 Å². The molecule has 15 heavy (non-hydrogen) atoms. The second-order valence-corrected chi connectivity index (χ2v) is 5.26. The van der Waals surface area contributed by atoms with Crippen LogP contribution in [0.3, 0.4) is 0 Å². The van der Waals surface area contributed by atoms with Crippen LogP contribution >= 0.6 is 0 Å². The Morgan fingerprint density at radius 1 is 1.47 bits per heavy atom. The summed E-state index contributed by atoms with van der Waals surface area (Å²) in [5, 5.41) is 12.3. The third-order valence-electron chi connectivity index (χ3n) is 3.01. The second-order valence-electron chi connectivity index (χ2n) is 5.26. The van der Waals surface area contributed by atoms with Gasteiger partial charge in [-0.15, -0.1) is 0 Å². The van der Waals surface area contributed by atoms with Crippen LogP contribution in [0.15, 0.2) is 0 Å². The summed E-state index contributed by atoms with van der Waals surface area (Å²) >= 11 is 0. The number of rotatable bonds is 7. The first kappa shape index (κ1) is 12.9. The SMILES string of the molecule is CC(C)(CCCO)CNCC1CCCO1. The topological polar surface area (TPSA) is 41.5 Å². The van der Waals surface area contributed by atoms with Crippen molar-refractivity contribution in [1.29, 1.82) is 0 Å². The summed E-state index contributed by atoms with van der Waals surface area (Å²) in [6.45, 7) is 7.70. The highest BCUT2D eigenvalue weighted by Gasteiger charge is 2.19. The Morgan fingerprint density at radius 3 is 2.87 bits per heavy atom. The predicted molar refractivity (Wildman–Crippen MR) is 61.9 cm³/mol. The molecule has 1 fully saturated rings. The van der Waals surface area contributed by atoms with E-state index in [-0.39, 0.29) is 5.41 Å². The molecule has 0 spiro atoms. The van der Waals surface area contributed by atoms with Gasteiger partial charge in [-0.1, -0.05) is 13.8 Å². The number of hydrogen-bond donors (Lipinski definition) is 2. The third kappa shape index (κ3) is 5.50. The molecule has 0 aliphatic carbocycles.